The Bertz CT molecular complexity index is 329. The molecule has 1 atom stereocenters. The molecule has 1 rings (SSSR count). The first-order valence-corrected chi connectivity index (χ1v) is 5.63. The Labute approximate surface area is 110 Å². The van der Waals surface area contributed by atoms with Crippen molar-refractivity contribution < 1.29 is 9.90 Å². The summed E-state index contributed by atoms with van der Waals surface area (Å²) in [6.07, 6.45) is 0.510. The van der Waals surface area contributed by atoms with Crippen molar-refractivity contribution in [3.05, 3.63) is 34.3 Å². The summed E-state index contributed by atoms with van der Waals surface area (Å²) in [4.78, 5) is 10.9. The second-order valence-corrected chi connectivity index (χ2v) is 4.19. The molecule has 0 unspecified atom stereocenters. The maximum Gasteiger partial charge on any atom is 0.321 e. The lowest BCUT2D eigenvalue weighted by Gasteiger charge is -2.12. The van der Waals surface area contributed by atoms with E-state index in [0.717, 1.165) is 10.0 Å². The standard InChI is InChI=1S/C11H14BrNO2.ClH/c1-2-13-10(11(14)15)7-8-3-5-9(12)6-4-8;/h3-6,10,13H,2,7H2,1H3,(H,14,15);1H/t10-;/m0./s1. The summed E-state index contributed by atoms with van der Waals surface area (Å²) in [6.45, 7) is 2.56. The monoisotopic (exact) mass is 307 g/mol. The molecule has 90 valence electrons. The molecular formula is C11H15BrClNO2. The molecule has 0 fully saturated rings. The van der Waals surface area contributed by atoms with E-state index in [0.29, 0.717) is 13.0 Å². The highest BCUT2D eigenvalue weighted by Gasteiger charge is 2.15. The van der Waals surface area contributed by atoms with Crippen LogP contribution in [0.2, 0.25) is 0 Å². The van der Waals surface area contributed by atoms with Crippen LogP contribution in [0.3, 0.4) is 0 Å². The highest BCUT2D eigenvalue weighted by molar-refractivity contribution is 9.10. The van der Waals surface area contributed by atoms with Gasteiger partial charge in [0.05, 0.1) is 0 Å². The van der Waals surface area contributed by atoms with Gasteiger partial charge in [0, 0.05) is 4.47 Å². The maximum absolute atomic E-state index is 10.9. The molecule has 0 spiro atoms. The van der Waals surface area contributed by atoms with Gasteiger partial charge in [-0.25, -0.2) is 0 Å². The second kappa shape index (κ2) is 7.65. The van der Waals surface area contributed by atoms with Gasteiger partial charge in [-0.1, -0.05) is 35.0 Å². The van der Waals surface area contributed by atoms with Crippen molar-refractivity contribution in [2.45, 2.75) is 19.4 Å². The summed E-state index contributed by atoms with van der Waals surface area (Å²) in [6, 6.07) is 7.19. The number of hydrogen-bond acceptors (Lipinski definition) is 2. The van der Waals surface area contributed by atoms with Gasteiger partial charge in [-0.3, -0.25) is 4.79 Å². The molecule has 2 N–H and O–H groups in total. The highest BCUT2D eigenvalue weighted by atomic mass is 79.9. The van der Waals surface area contributed by atoms with E-state index in [1.54, 1.807) is 0 Å². The molecule has 0 aliphatic carbocycles. The first-order chi connectivity index (χ1) is 7.13. The Morgan fingerprint density at radius 3 is 2.44 bits per heavy atom. The van der Waals surface area contributed by atoms with E-state index in [9.17, 15) is 4.79 Å². The van der Waals surface area contributed by atoms with Crippen LogP contribution in [0.15, 0.2) is 28.7 Å². The Morgan fingerprint density at radius 2 is 2.00 bits per heavy atom. The zero-order valence-corrected chi connectivity index (χ0v) is 11.3. The van der Waals surface area contributed by atoms with Crippen LogP contribution in [0.5, 0.6) is 0 Å². The van der Waals surface area contributed by atoms with E-state index in [2.05, 4.69) is 21.2 Å². The lowest BCUT2D eigenvalue weighted by atomic mass is 10.1. The Morgan fingerprint density at radius 1 is 1.44 bits per heavy atom. The van der Waals surface area contributed by atoms with Crippen LogP contribution in [0.4, 0.5) is 0 Å². The Kier molecular flexibility index (Phi) is 7.38. The van der Waals surface area contributed by atoms with Crippen LogP contribution >= 0.6 is 28.3 Å². The van der Waals surface area contributed by atoms with E-state index < -0.39 is 12.0 Å². The third-order valence-electron chi connectivity index (χ3n) is 2.10. The third-order valence-corrected chi connectivity index (χ3v) is 2.63. The largest absolute Gasteiger partial charge is 0.480 e. The normalized spacial score (nSPS) is 11.6. The quantitative estimate of drug-likeness (QED) is 0.878. The Balaban J connectivity index is 0.00000225. The fourth-order valence-corrected chi connectivity index (χ4v) is 1.61. The molecular weight excluding hydrogens is 293 g/mol. The van der Waals surface area contributed by atoms with Crippen LogP contribution < -0.4 is 5.32 Å². The summed E-state index contributed by atoms with van der Waals surface area (Å²) in [5.74, 6) is -0.806. The topological polar surface area (TPSA) is 49.3 Å². The number of aliphatic carboxylic acids is 1. The molecule has 0 aliphatic heterocycles. The molecule has 5 heteroatoms. The van der Waals surface area contributed by atoms with Crippen LogP contribution in [-0.4, -0.2) is 23.7 Å². The van der Waals surface area contributed by atoms with E-state index in [1.807, 2.05) is 31.2 Å². The van der Waals surface area contributed by atoms with E-state index in [4.69, 9.17) is 5.11 Å². The molecule has 0 aromatic heterocycles. The molecule has 0 aliphatic rings. The number of rotatable bonds is 5. The van der Waals surface area contributed by atoms with E-state index >= 15 is 0 Å². The van der Waals surface area contributed by atoms with E-state index in [1.165, 1.54) is 0 Å². The molecule has 0 saturated heterocycles. The third kappa shape index (κ3) is 4.96. The SMILES string of the molecule is CCN[C@@H](Cc1ccc(Br)cc1)C(=O)O.Cl. The molecule has 0 amide bonds. The number of halogens is 2. The van der Waals surface area contributed by atoms with Crippen LogP contribution in [-0.2, 0) is 11.2 Å². The van der Waals surface area contributed by atoms with E-state index in [-0.39, 0.29) is 12.4 Å². The Hall–Kier alpha value is -0.580. The first kappa shape index (κ1) is 15.4. The van der Waals surface area contributed by atoms with Crippen molar-refractivity contribution in [1.82, 2.24) is 5.32 Å². The number of carbonyl (C=O) groups is 1. The number of hydrogen-bond donors (Lipinski definition) is 2. The lowest BCUT2D eigenvalue weighted by molar-refractivity contribution is -0.139. The fraction of sp³-hybridized carbons (Fsp3) is 0.364. The maximum atomic E-state index is 10.9. The molecule has 0 radical (unpaired) electrons. The van der Waals surface area contributed by atoms with Crippen molar-refractivity contribution in [3.8, 4) is 0 Å². The average molecular weight is 309 g/mol. The van der Waals surface area contributed by atoms with Gasteiger partial charge < -0.3 is 10.4 Å². The number of carboxylic acids is 1. The zero-order valence-electron chi connectivity index (χ0n) is 8.94. The minimum atomic E-state index is -0.806. The summed E-state index contributed by atoms with van der Waals surface area (Å²) < 4.78 is 1.00. The van der Waals surface area contributed by atoms with Crippen LogP contribution in [0, 0.1) is 0 Å². The second-order valence-electron chi connectivity index (χ2n) is 3.28. The van der Waals surface area contributed by atoms with Gasteiger partial charge in [0.2, 0.25) is 0 Å². The van der Waals surface area contributed by atoms with Crippen molar-refractivity contribution in [1.29, 1.82) is 0 Å². The van der Waals surface area contributed by atoms with Crippen molar-refractivity contribution in [2.24, 2.45) is 0 Å². The molecule has 0 heterocycles. The molecule has 0 saturated carbocycles. The number of likely N-dealkylation sites (N-methyl/N-ethyl adjacent to an activating group) is 1. The van der Waals surface area contributed by atoms with Gasteiger partial charge in [0.15, 0.2) is 0 Å². The molecule has 0 bridgehead atoms. The summed E-state index contributed by atoms with van der Waals surface area (Å²) in [5, 5.41) is 11.9. The van der Waals surface area contributed by atoms with Crippen molar-refractivity contribution in [3.63, 3.8) is 0 Å². The zero-order chi connectivity index (χ0) is 11.3. The average Bonchev–Trinajstić information content (AvgIpc) is 2.20. The number of carboxylic acid groups (broad SMARTS) is 1. The summed E-state index contributed by atoms with van der Waals surface area (Å²) in [5.41, 5.74) is 1.02. The first-order valence-electron chi connectivity index (χ1n) is 4.84. The van der Waals surface area contributed by atoms with Crippen molar-refractivity contribution >= 4 is 34.3 Å². The van der Waals surface area contributed by atoms with Crippen LogP contribution in [0.1, 0.15) is 12.5 Å². The minimum absolute atomic E-state index is 0. The van der Waals surface area contributed by atoms with Gasteiger partial charge in [0.25, 0.3) is 0 Å². The smallest absolute Gasteiger partial charge is 0.321 e. The van der Waals surface area contributed by atoms with Gasteiger partial charge in [0.1, 0.15) is 6.04 Å². The number of benzene rings is 1. The van der Waals surface area contributed by atoms with Crippen LogP contribution in [0.25, 0.3) is 0 Å². The molecule has 1 aromatic carbocycles. The summed E-state index contributed by atoms with van der Waals surface area (Å²) in [7, 11) is 0. The van der Waals surface area contributed by atoms with Gasteiger partial charge >= 0.3 is 5.97 Å². The highest BCUT2D eigenvalue weighted by Crippen LogP contribution is 2.11. The molecule has 16 heavy (non-hydrogen) atoms. The molecule has 1 aromatic rings. The number of nitrogens with one attached hydrogen (secondary N) is 1. The van der Waals surface area contributed by atoms with Gasteiger partial charge in [-0.05, 0) is 30.7 Å². The minimum Gasteiger partial charge on any atom is -0.480 e. The van der Waals surface area contributed by atoms with Crippen molar-refractivity contribution in [2.75, 3.05) is 6.54 Å². The fourth-order valence-electron chi connectivity index (χ4n) is 1.35. The van der Waals surface area contributed by atoms with Gasteiger partial charge in [-0.2, -0.15) is 0 Å². The predicted octanol–water partition coefficient (Wildman–Crippen LogP) is 2.48. The van der Waals surface area contributed by atoms with Gasteiger partial charge in [-0.15, -0.1) is 12.4 Å². The lowest BCUT2D eigenvalue weighted by Crippen LogP contribution is -2.38. The predicted molar refractivity (Wildman–Crippen MR) is 70.2 cm³/mol. The molecule has 3 nitrogen and oxygen atoms in total. The summed E-state index contributed by atoms with van der Waals surface area (Å²) >= 11 is 3.34.